The number of nitrogens with one attached hydrogen (secondary N) is 1. The van der Waals surface area contributed by atoms with Crippen molar-refractivity contribution in [1.82, 2.24) is 14.6 Å². The Morgan fingerprint density at radius 2 is 1.78 bits per heavy atom. The number of benzene rings is 2. The van der Waals surface area contributed by atoms with E-state index in [1.807, 2.05) is 37.3 Å². The third-order valence-electron chi connectivity index (χ3n) is 4.41. The molecule has 3 aromatic rings. The van der Waals surface area contributed by atoms with Gasteiger partial charge < -0.3 is 15.1 Å². The number of carbonyl (C=O) groups excluding carboxylic acids is 1. The monoisotopic (exact) mass is 367 g/mol. The van der Waals surface area contributed by atoms with Crippen LogP contribution in [-0.2, 0) is 13.1 Å². The van der Waals surface area contributed by atoms with Gasteiger partial charge in [0.2, 0.25) is 0 Å². The molecule has 0 aliphatic rings. The lowest BCUT2D eigenvalue weighted by Gasteiger charge is -2.12. The number of unbranched alkanes of at least 4 members (excludes halogenated alkanes) is 1. The molecule has 0 saturated heterocycles. The summed E-state index contributed by atoms with van der Waals surface area (Å²) in [6.45, 7) is 2.72. The fraction of sp³-hybridized carbons (Fsp3) is 0.250. The van der Waals surface area contributed by atoms with Crippen molar-refractivity contribution >= 4 is 16.9 Å². The molecule has 0 aliphatic heterocycles. The second kappa shape index (κ2) is 7.90. The molecule has 1 amide bonds. The van der Waals surface area contributed by atoms with Gasteiger partial charge in [0.25, 0.3) is 5.91 Å². The summed E-state index contributed by atoms with van der Waals surface area (Å²) in [5, 5.41) is 12.9. The van der Waals surface area contributed by atoms with E-state index < -0.39 is 11.1 Å². The zero-order valence-electron chi connectivity index (χ0n) is 15.0. The largest absolute Gasteiger partial charge is 0.425 e. The van der Waals surface area contributed by atoms with Crippen molar-refractivity contribution in [3.8, 4) is 0 Å². The van der Waals surface area contributed by atoms with Gasteiger partial charge in [-0.25, -0.2) is 0 Å². The number of carbonyl (C=O) groups is 1. The van der Waals surface area contributed by atoms with Crippen molar-refractivity contribution in [3.63, 3.8) is 0 Å². The Bertz CT molecular complexity index is 1080. The average molecular weight is 367 g/mol. The minimum Gasteiger partial charge on any atom is -0.425 e. The quantitative estimate of drug-likeness (QED) is 0.516. The van der Waals surface area contributed by atoms with Crippen LogP contribution in [-0.4, -0.2) is 20.4 Å². The molecule has 1 aromatic heterocycles. The van der Waals surface area contributed by atoms with Crippen LogP contribution in [0.5, 0.6) is 0 Å². The summed E-state index contributed by atoms with van der Waals surface area (Å²) in [6.07, 6.45) is 1.58. The highest BCUT2D eigenvalue weighted by Crippen LogP contribution is 2.14. The minimum atomic E-state index is -1.03. The summed E-state index contributed by atoms with van der Waals surface area (Å²) in [5.74, 6) is -0.334. The number of aryl methyl sites for hydroxylation is 1. The summed E-state index contributed by atoms with van der Waals surface area (Å²) in [6, 6.07) is 14.0. The van der Waals surface area contributed by atoms with Gasteiger partial charge in [-0.3, -0.25) is 14.4 Å². The normalized spacial score (nSPS) is 10.9. The van der Waals surface area contributed by atoms with Gasteiger partial charge in [-0.15, -0.1) is 4.73 Å². The predicted molar refractivity (Wildman–Crippen MR) is 102 cm³/mol. The molecule has 1 heterocycles. The molecule has 0 unspecified atom stereocenters. The number of fused-ring (bicyclic) bond motifs is 1. The topological polar surface area (TPSA) is 93.3 Å². The van der Waals surface area contributed by atoms with Crippen LogP contribution in [0.15, 0.2) is 58.1 Å². The Morgan fingerprint density at radius 3 is 2.48 bits per heavy atom. The maximum absolute atomic E-state index is 12.4. The molecule has 0 bridgehead atoms. The summed E-state index contributed by atoms with van der Waals surface area (Å²) in [5.41, 5.74) is -0.0150. The van der Waals surface area contributed by atoms with Crippen LogP contribution >= 0.6 is 0 Å². The van der Waals surface area contributed by atoms with Crippen LogP contribution in [0.2, 0.25) is 0 Å². The van der Waals surface area contributed by atoms with Crippen molar-refractivity contribution in [1.29, 1.82) is 0 Å². The molecule has 140 valence electrons. The Balaban J connectivity index is 1.95. The van der Waals surface area contributed by atoms with E-state index in [0.29, 0.717) is 28.9 Å². The molecule has 0 aliphatic carbocycles. The van der Waals surface area contributed by atoms with Crippen molar-refractivity contribution in [3.05, 3.63) is 80.4 Å². The Kier molecular flexibility index (Phi) is 5.40. The Morgan fingerprint density at radius 1 is 1.04 bits per heavy atom. The highest BCUT2D eigenvalue weighted by Gasteiger charge is 2.15. The van der Waals surface area contributed by atoms with E-state index in [0.717, 1.165) is 18.4 Å². The number of hydrogen-bond donors (Lipinski definition) is 2. The smallest absolute Gasteiger partial charge is 0.349 e. The second-order valence-corrected chi connectivity index (χ2v) is 6.30. The molecular weight excluding hydrogens is 346 g/mol. The van der Waals surface area contributed by atoms with Crippen molar-refractivity contribution in [2.24, 2.45) is 0 Å². The Labute approximate surface area is 155 Å². The zero-order chi connectivity index (χ0) is 19.4. The van der Waals surface area contributed by atoms with E-state index in [1.165, 1.54) is 10.6 Å². The van der Waals surface area contributed by atoms with E-state index in [9.17, 15) is 19.6 Å². The summed E-state index contributed by atoms with van der Waals surface area (Å²) < 4.78 is 1.66. The first-order valence-corrected chi connectivity index (χ1v) is 8.84. The lowest BCUT2D eigenvalue weighted by molar-refractivity contribution is 0.0951. The van der Waals surface area contributed by atoms with Gasteiger partial charge in [0, 0.05) is 18.7 Å². The van der Waals surface area contributed by atoms with Gasteiger partial charge in [0.05, 0.1) is 5.52 Å². The van der Waals surface area contributed by atoms with E-state index in [2.05, 4.69) is 5.32 Å². The fourth-order valence-electron chi connectivity index (χ4n) is 2.91. The fourth-order valence-corrected chi connectivity index (χ4v) is 2.91. The Hall–Kier alpha value is -3.35. The third kappa shape index (κ3) is 3.76. The molecule has 2 aromatic carbocycles. The summed E-state index contributed by atoms with van der Waals surface area (Å²) >= 11 is 0. The molecule has 7 nitrogen and oxygen atoms in total. The van der Waals surface area contributed by atoms with Gasteiger partial charge in [0.1, 0.15) is 5.52 Å². The lowest BCUT2D eigenvalue weighted by Crippen LogP contribution is -2.41. The van der Waals surface area contributed by atoms with Crippen LogP contribution in [0, 0.1) is 0 Å². The molecule has 2 N–H and O–H groups in total. The van der Waals surface area contributed by atoms with Crippen LogP contribution in [0.1, 0.15) is 35.7 Å². The molecule has 3 rings (SSSR count). The molecule has 0 atom stereocenters. The molecule has 0 saturated carbocycles. The van der Waals surface area contributed by atoms with Crippen LogP contribution in [0.3, 0.4) is 0 Å². The van der Waals surface area contributed by atoms with Gasteiger partial charge in [-0.2, -0.15) is 0 Å². The van der Waals surface area contributed by atoms with E-state index in [-0.39, 0.29) is 11.4 Å². The number of nitrogens with zero attached hydrogens (tertiary/aromatic N) is 2. The first kappa shape index (κ1) is 18.4. The second-order valence-electron chi connectivity index (χ2n) is 6.30. The number of rotatable bonds is 6. The SMILES string of the molecule is CCCCn1c(=O)c(=O)n(O)c2cc(C(=O)NCc3ccccc3)ccc21. The van der Waals surface area contributed by atoms with E-state index in [4.69, 9.17) is 0 Å². The maximum atomic E-state index is 12.4. The molecule has 0 radical (unpaired) electrons. The number of aromatic nitrogens is 2. The van der Waals surface area contributed by atoms with Gasteiger partial charge in [0.15, 0.2) is 0 Å². The molecule has 7 heteroatoms. The predicted octanol–water partition coefficient (Wildman–Crippen LogP) is 2.13. The standard InChI is InChI=1S/C20H21N3O4/c1-2-3-11-22-16-10-9-15(12-17(16)23(27)20(26)19(22)25)18(24)21-13-14-7-5-4-6-8-14/h4-10,12,27H,2-3,11,13H2,1H3,(H,21,24). The summed E-state index contributed by atoms with van der Waals surface area (Å²) in [7, 11) is 0. The van der Waals surface area contributed by atoms with Crippen LogP contribution in [0.4, 0.5) is 0 Å². The minimum absolute atomic E-state index is 0.128. The van der Waals surface area contributed by atoms with Crippen molar-refractivity contribution in [2.75, 3.05) is 0 Å². The van der Waals surface area contributed by atoms with E-state index in [1.54, 1.807) is 12.1 Å². The lowest BCUT2D eigenvalue weighted by atomic mass is 10.1. The number of hydrogen-bond acceptors (Lipinski definition) is 4. The van der Waals surface area contributed by atoms with Crippen LogP contribution in [0.25, 0.3) is 11.0 Å². The highest BCUT2D eigenvalue weighted by atomic mass is 16.5. The van der Waals surface area contributed by atoms with Crippen molar-refractivity contribution in [2.45, 2.75) is 32.9 Å². The molecule has 0 spiro atoms. The third-order valence-corrected chi connectivity index (χ3v) is 4.41. The first-order chi connectivity index (χ1) is 13.0. The van der Waals surface area contributed by atoms with Gasteiger partial charge >= 0.3 is 11.1 Å². The molecular formula is C20H21N3O4. The van der Waals surface area contributed by atoms with Crippen LogP contribution < -0.4 is 16.4 Å². The van der Waals surface area contributed by atoms with Gasteiger partial charge in [-0.05, 0) is 30.2 Å². The first-order valence-electron chi connectivity index (χ1n) is 8.84. The van der Waals surface area contributed by atoms with Crippen molar-refractivity contribution < 1.29 is 10.0 Å². The number of amides is 1. The molecule has 27 heavy (non-hydrogen) atoms. The average Bonchev–Trinajstić information content (AvgIpc) is 2.71. The summed E-state index contributed by atoms with van der Waals surface area (Å²) in [4.78, 5) is 36.6. The zero-order valence-corrected chi connectivity index (χ0v) is 15.0. The van der Waals surface area contributed by atoms with E-state index >= 15 is 0 Å². The molecule has 0 fully saturated rings. The van der Waals surface area contributed by atoms with Gasteiger partial charge in [-0.1, -0.05) is 43.7 Å². The maximum Gasteiger partial charge on any atom is 0.349 e. The highest BCUT2D eigenvalue weighted by molar-refractivity contribution is 5.97.